The van der Waals surface area contributed by atoms with Gasteiger partial charge in [-0.15, -0.1) is 11.3 Å². The first kappa shape index (κ1) is 24.4. The maximum Gasteiger partial charge on any atom is 0.205 e. The molecule has 0 unspecified atom stereocenters. The lowest BCUT2D eigenvalue weighted by Crippen LogP contribution is -2.28. The molecule has 3 heterocycles. The van der Waals surface area contributed by atoms with Crippen LogP contribution in [0.1, 0.15) is 26.5 Å². The standard InChI is InChI=1S/C27H26ClN3O4S/c1-31-10-9-18-17(13-31)21(15-11-19(33-2)25(35-4)20(12-15)34-3)22-23(29)26(36-27(22)30-18)24(32)14-5-7-16(28)8-6-14/h5-8,11-12H,9-10,13,29H2,1-4H3. The van der Waals surface area contributed by atoms with E-state index in [0.717, 1.165) is 45.6 Å². The number of carbonyl (C=O) groups excluding carboxylic acids is 1. The number of likely N-dealkylation sites (N-methyl/N-ethyl adjacent to an activating group) is 1. The first-order chi connectivity index (χ1) is 17.4. The van der Waals surface area contributed by atoms with Gasteiger partial charge in [-0.3, -0.25) is 4.79 Å². The monoisotopic (exact) mass is 523 g/mol. The molecule has 0 saturated carbocycles. The third-order valence-electron chi connectivity index (χ3n) is 6.49. The number of nitrogen functional groups attached to an aromatic ring is 1. The molecular weight excluding hydrogens is 498 g/mol. The van der Waals surface area contributed by atoms with E-state index in [4.69, 9.17) is 36.5 Å². The number of methoxy groups -OCH3 is 3. The Morgan fingerprint density at radius 2 is 1.75 bits per heavy atom. The highest BCUT2D eigenvalue weighted by Crippen LogP contribution is 2.48. The van der Waals surface area contributed by atoms with Gasteiger partial charge in [0.25, 0.3) is 0 Å². The normalized spacial score (nSPS) is 13.5. The van der Waals surface area contributed by atoms with Gasteiger partial charge >= 0.3 is 0 Å². The Morgan fingerprint density at radius 1 is 1.08 bits per heavy atom. The highest BCUT2D eigenvalue weighted by atomic mass is 35.5. The van der Waals surface area contributed by atoms with Crippen molar-refractivity contribution >= 4 is 44.6 Å². The quantitative estimate of drug-likeness (QED) is 0.336. The van der Waals surface area contributed by atoms with Crippen LogP contribution in [-0.2, 0) is 13.0 Å². The maximum absolute atomic E-state index is 13.4. The summed E-state index contributed by atoms with van der Waals surface area (Å²) in [5.41, 5.74) is 11.6. The number of fused-ring (bicyclic) bond motifs is 2. The fourth-order valence-corrected chi connectivity index (χ4v) is 5.92. The predicted molar refractivity (Wildman–Crippen MR) is 144 cm³/mol. The Balaban J connectivity index is 1.80. The molecule has 186 valence electrons. The highest BCUT2D eigenvalue weighted by molar-refractivity contribution is 7.21. The summed E-state index contributed by atoms with van der Waals surface area (Å²) < 4.78 is 16.8. The Hall–Kier alpha value is -3.33. The third-order valence-corrected chi connectivity index (χ3v) is 7.84. The fraction of sp³-hybridized carbons (Fsp3) is 0.259. The molecule has 5 rings (SSSR count). The number of hydrogen-bond donors (Lipinski definition) is 1. The summed E-state index contributed by atoms with van der Waals surface area (Å²) in [6.45, 7) is 1.61. The largest absolute Gasteiger partial charge is 0.493 e. The van der Waals surface area contributed by atoms with Crippen LogP contribution in [0.3, 0.4) is 0 Å². The molecule has 2 N–H and O–H groups in total. The van der Waals surface area contributed by atoms with Crippen molar-refractivity contribution < 1.29 is 19.0 Å². The van der Waals surface area contributed by atoms with Crippen LogP contribution < -0.4 is 19.9 Å². The molecule has 0 amide bonds. The van der Waals surface area contributed by atoms with Crippen LogP contribution in [0.25, 0.3) is 21.3 Å². The minimum atomic E-state index is -0.155. The summed E-state index contributed by atoms with van der Waals surface area (Å²) >= 11 is 7.35. The number of carbonyl (C=O) groups is 1. The first-order valence-electron chi connectivity index (χ1n) is 11.4. The van der Waals surface area contributed by atoms with Gasteiger partial charge in [-0.2, -0.15) is 0 Å². The van der Waals surface area contributed by atoms with E-state index in [1.165, 1.54) is 11.3 Å². The molecule has 0 fully saturated rings. The summed E-state index contributed by atoms with van der Waals surface area (Å²) in [4.78, 5) is 21.9. The van der Waals surface area contributed by atoms with Gasteiger partial charge in [-0.25, -0.2) is 4.98 Å². The molecule has 7 nitrogen and oxygen atoms in total. The number of ketones is 1. The molecule has 2 aromatic carbocycles. The second-order valence-electron chi connectivity index (χ2n) is 8.67. The lowest BCUT2D eigenvalue weighted by Gasteiger charge is -2.27. The van der Waals surface area contributed by atoms with Crippen LogP contribution >= 0.6 is 22.9 Å². The number of nitrogens with zero attached hydrogens (tertiary/aromatic N) is 2. The number of nitrogens with two attached hydrogens (primary N) is 1. The van der Waals surface area contributed by atoms with E-state index >= 15 is 0 Å². The number of hydrogen-bond acceptors (Lipinski definition) is 8. The Morgan fingerprint density at radius 3 is 2.36 bits per heavy atom. The molecule has 0 atom stereocenters. The van der Waals surface area contributed by atoms with Crippen molar-refractivity contribution in [2.75, 3.05) is 40.7 Å². The van der Waals surface area contributed by atoms with Crippen LogP contribution in [0.15, 0.2) is 36.4 Å². The number of thiophene rings is 1. The smallest absolute Gasteiger partial charge is 0.205 e. The van der Waals surface area contributed by atoms with Gasteiger partial charge in [0.05, 0.1) is 27.0 Å². The van der Waals surface area contributed by atoms with Crippen LogP contribution in [0.2, 0.25) is 5.02 Å². The van der Waals surface area contributed by atoms with Gasteiger partial charge in [-0.05, 0) is 54.6 Å². The average molecular weight is 524 g/mol. The van der Waals surface area contributed by atoms with Gasteiger partial charge in [0.1, 0.15) is 9.71 Å². The van der Waals surface area contributed by atoms with Gasteiger partial charge in [0.2, 0.25) is 11.5 Å². The zero-order valence-electron chi connectivity index (χ0n) is 20.5. The summed E-state index contributed by atoms with van der Waals surface area (Å²) in [6, 6.07) is 10.7. The van der Waals surface area contributed by atoms with Crippen molar-refractivity contribution in [3.8, 4) is 28.4 Å². The zero-order chi connectivity index (χ0) is 25.6. The number of pyridine rings is 1. The Labute approximate surface area is 218 Å². The fourth-order valence-electron chi connectivity index (χ4n) is 4.70. The number of ether oxygens (including phenoxy) is 3. The van der Waals surface area contributed by atoms with Gasteiger partial charge in [0, 0.05) is 46.7 Å². The molecule has 4 aromatic rings. The maximum atomic E-state index is 13.4. The summed E-state index contributed by atoms with van der Waals surface area (Å²) in [5, 5.41) is 1.33. The summed E-state index contributed by atoms with van der Waals surface area (Å²) in [6.07, 6.45) is 0.803. The molecule has 0 spiro atoms. The van der Waals surface area contributed by atoms with Crippen LogP contribution in [0.4, 0.5) is 5.69 Å². The topological polar surface area (TPSA) is 86.9 Å². The number of benzene rings is 2. The highest BCUT2D eigenvalue weighted by Gasteiger charge is 2.28. The second-order valence-corrected chi connectivity index (χ2v) is 10.1. The molecule has 0 aliphatic carbocycles. The van der Waals surface area contributed by atoms with E-state index in [1.54, 1.807) is 45.6 Å². The van der Waals surface area contributed by atoms with Gasteiger partial charge < -0.3 is 24.8 Å². The summed E-state index contributed by atoms with van der Waals surface area (Å²) in [5.74, 6) is 1.44. The average Bonchev–Trinajstić information content (AvgIpc) is 3.22. The minimum Gasteiger partial charge on any atom is -0.493 e. The minimum absolute atomic E-state index is 0.155. The van der Waals surface area contributed by atoms with E-state index in [2.05, 4.69) is 11.9 Å². The Bertz CT molecular complexity index is 1460. The first-order valence-corrected chi connectivity index (χ1v) is 12.6. The summed E-state index contributed by atoms with van der Waals surface area (Å²) in [7, 11) is 6.84. The molecule has 2 aromatic heterocycles. The number of anilines is 1. The zero-order valence-corrected chi connectivity index (χ0v) is 22.0. The van der Waals surface area contributed by atoms with Gasteiger partial charge in [-0.1, -0.05) is 11.6 Å². The van der Waals surface area contributed by atoms with Crippen molar-refractivity contribution in [1.29, 1.82) is 0 Å². The van der Waals surface area contributed by atoms with Crippen LogP contribution in [0, 0.1) is 0 Å². The third kappa shape index (κ3) is 4.05. The van der Waals surface area contributed by atoms with E-state index in [-0.39, 0.29) is 5.78 Å². The van der Waals surface area contributed by atoms with E-state index in [0.29, 0.717) is 44.9 Å². The van der Waals surface area contributed by atoms with E-state index < -0.39 is 0 Å². The SMILES string of the molecule is COc1cc(-c2c3c(nc4sc(C(=O)c5ccc(Cl)cc5)c(N)c24)CCN(C)C3)cc(OC)c1OC. The molecule has 1 aliphatic heterocycles. The van der Waals surface area contributed by atoms with Crippen molar-refractivity contribution in [2.24, 2.45) is 0 Å². The lowest BCUT2D eigenvalue weighted by molar-refractivity contribution is 0.104. The van der Waals surface area contributed by atoms with Crippen LogP contribution in [-0.4, -0.2) is 50.6 Å². The molecule has 9 heteroatoms. The number of aromatic nitrogens is 1. The molecule has 36 heavy (non-hydrogen) atoms. The molecule has 0 bridgehead atoms. The molecule has 0 saturated heterocycles. The number of rotatable bonds is 6. The molecule has 1 aliphatic rings. The van der Waals surface area contributed by atoms with Crippen molar-refractivity contribution in [3.05, 3.63) is 63.1 Å². The van der Waals surface area contributed by atoms with Gasteiger partial charge in [0.15, 0.2) is 11.5 Å². The molecular formula is C27H26ClN3O4S. The van der Waals surface area contributed by atoms with Crippen molar-refractivity contribution in [3.63, 3.8) is 0 Å². The van der Waals surface area contributed by atoms with Crippen molar-refractivity contribution in [2.45, 2.75) is 13.0 Å². The van der Waals surface area contributed by atoms with Crippen LogP contribution in [0.5, 0.6) is 17.2 Å². The van der Waals surface area contributed by atoms with E-state index in [1.807, 2.05) is 12.1 Å². The second kappa shape index (κ2) is 9.61. The predicted octanol–water partition coefficient (Wildman–Crippen LogP) is 5.44. The Kier molecular flexibility index (Phi) is 6.51. The van der Waals surface area contributed by atoms with E-state index in [9.17, 15) is 4.79 Å². The lowest BCUT2D eigenvalue weighted by atomic mass is 9.91. The number of halogens is 1. The van der Waals surface area contributed by atoms with Crippen molar-refractivity contribution in [1.82, 2.24) is 9.88 Å². The molecule has 0 radical (unpaired) electrons.